The van der Waals surface area contributed by atoms with Crippen LogP contribution in [0.3, 0.4) is 0 Å². The number of aromatic nitrogens is 2. The Balaban J connectivity index is 1.36. The summed E-state index contributed by atoms with van der Waals surface area (Å²) in [5, 5.41) is 4.02. The Bertz CT molecular complexity index is 533. The van der Waals surface area contributed by atoms with Crippen molar-refractivity contribution in [1.29, 1.82) is 0 Å². The second kappa shape index (κ2) is 7.37. The molecule has 1 aromatic rings. The molecule has 1 saturated heterocycles. The van der Waals surface area contributed by atoms with Crippen LogP contribution >= 0.6 is 0 Å². The van der Waals surface area contributed by atoms with E-state index in [-0.39, 0.29) is 6.61 Å². The fourth-order valence-corrected chi connectivity index (χ4v) is 2.94. The highest BCUT2D eigenvalue weighted by Crippen LogP contribution is 2.38. The summed E-state index contributed by atoms with van der Waals surface area (Å²) >= 11 is 0. The lowest BCUT2D eigenvalue weighted by molar-refractivity contribution is -0.174. The predicted molar refractivity (Wildman–Crippen MR) is 79.5 cm³/mol. The number of nitrogens with zero attached hydrogens (tertiary/aromatic N) is 4. The molecule has 0 radical (unpaired) electrons. The van der Waals surface area contributed by atoms with Gasteiger partial charge in [0.05, 0.1) is 13.2 Å². The van der Waals surface area contributed by atoms with Crippen LogP contribution in [0.4, 0.5) is 13.2 Å². The second-order valence-electron chi connectivity index (χ2n) is 6.65. The Hall–Kier alpha value is -1.19. The molecule has 1 aliphatic heterocycles. The van der Waals surface area contributed by atoms with Crippen LogP contribution in [-0.2, 0) is 11.3 Å². The van der Waals surface area contributed by atoms with Gasteiger partial charge in [0.15, 0.2) is 5.82 Å². The van der Waals surface area contributed by atoms with E-state index in [0.29, 0.717) is 30.9 Å². The zero-order chi connectivity index (χ0) is 17.2. The smallest absolute Gasteiger partial charge is 0.371 e. The average molecular weight is 348 g/mol. The van der Waals surface area contributed by atoms with E-state index < -0.39 is 12.8 Å². The number of hydrogen-bond donors (Lipinski definition) is 0. The van der Waals surface area contributed by atoms with Gasteiger partial charge in [0, 0.05) is 25.0 Å². The van der Waals surface area contributed by atoms with E-state index in [1.807, 2.05) is 7.05 Å². The van der Waals surface area contributed by atoms with Crippen LogP contribution in [0.2, 0.25) is 0 Å². The Morgan fingerprint density at radius 1 is 1.33 bits per heavy atom. The minimum Gasteiger partial charge on any atom is -0.371 e. The normalized spacial score (nSPS) is 22.6. The maximum atomic E-state index is 12.0. The number of ether oxygens (including phenoxy) is 1. The molecule has 0 aromatic carbocycles. The summed E-state index contributed by atoms with van der Waals surface area (Å²) in [6.45, 7) is 1.76. The van der Waals surface area contributed by atoms with Gasteiger partial charge in [-0.05, 0) is 32.9 Å². The van der Waals surface area contributed by atoms with Gasteiger partial charge in [0.25, 0.3) is 0 Å². The van der Waals surface area contributed by atoms with Gasteiger partial charge in [0.1, 0.15) is 6.61 Å². The predicted octanol–water partition coefficient (Wildman–Crippen LogP) is 2.03. The van der Waals surface area contributed by atoms with Crippen molar-refractivity contribution < 1.29 is 22.4 Å². The van der Waals surface area contributed by atoms with Crippen LogP contribution in [0.15, 0.2) is 4.52 Å². The number of likely N-dealkylation sites (N-methyl/N-ethyl adjacent to an activating group) is 1. The van der Waals surface area contributed by atoms with Crippen molar-refractivity contribution in [3.63, 3.8) is 0 Å². The molecule has 1 atom stereocenters. The van der Waals surface area contributed by atoms with Crippen LogP contribution in [0, 0.1) is 0 Å². The molecule has 2 fully saturated rings. The first kappa shape index (κ1) is 17.6. The SMILES string of the molecule is CN(Cc1noc(C2CC2)n1)[C@H]1CCN(CCOCC(F)(F)F)C1. The molecule has 0 spiro atoms. The van der Waals surface area contributed by atoms with E-state index in [1.54, 1.807) is 0 Å². The van der Waals surface area contributed by atoms with Crippen molar-refractivity contribution in [2.24, 2.45) is 0 Å². The fraction of sp³-hybridized carbons (Fsp3) is 0.867. The molecule has 6 nitrogen and oxygen atoms in total. The van der Waals surface area contributed by atoms with E-state index >= 15 is 0 Å². The minimum absolute atomic E-state index is 0.103. The fourth-order valence-electron chi connectivity index (χ4n) is 2.94. The van der Waals surface area contributed by atoms with E-state index in [4.69, 9.17) is 4.52 Å². The number of alkyl halides is 3. The van der Waals surface area contributed by atoms with Gasteiger partial charge in [-0.3, -0.25) is 9.80 Å². The number of halogens is 3. The van der Waals surface area contributed by atoms with Crippen molar-refractivity contribution in [3.05, 3.63) is 11.7 Å². The molecule has 0 N–H and O–H groups in total. The van der Waals surface area contributed by atoms with Gasteiger partial charge in [0.2, 0.25) is 5.89 Å². The van der Waals surface area contributed by atoms with E-state index in [0.717, 1.165) is 38.2 Å². The molecular weight excluding hydrogens is 325 g/mol. The molecule has 1 saturated carbocycles. The molecule has 136 valence electrons. The molecule has 0 unspecified atom stereocenters. The maximum absolute atomic E-state index is 12.0. The van der Waals surface area contributed by atoms with Crippen molar-refractivity contribution >= 4 is 0 Å². The number of hydrogen-bond acceptors (Lipinski definition) is 6. The third-order valence-corrected chi connectivity index (χ3v) is 4.49. The lowest BCUT2D eigenvalue weighted by Gasteiger charge is -2.23. The Morgan fingerprint density at radius 2 is 2.12 bits per heavy atom. The summed E-state index contributed by atoms with van der Waals surface area (Å²) in [4.78, 5) is 8.73. The van der Waals surface area contributed by atoms with Crippen molar-refractivity contribution in [2.75, 3.05) is 39.9 Å². The molecule has 0 bridgehead atoms. The highest BCUT2D eigenvalue weighted by atomic mass is 19.4. The zero-order valence-electron chi connectivity index (χ0n) is 13.8. The quantitative estimate of drug-likeness (QED) is 0.670. The first-order valence-corrected chi connectivity index (χ1v) is 8.30. The zero-order valence-corrected chi connectivity index (χ0v) is 13.8. The van der Waals surface area contributed by atoms with Crippen LogP contribution < -0.4 is 0 Å². The van der Waals surface area contributed by atoms with E-state index in [1.165, 1.54) is 0 Å². The average Bonchev–Trinajstić information content (AvgIpc) is 3.07. The van der Waals surface area contributed by atoms with Gasteiger partial charge in [-0.1, -0.05) is 5.16 Å². The van der Waals surface area contributed by atoms with E-state index in [9.17, 15) is 13.2 Å². The lowest BCUT2D eigenvalue weighted by atomic mass is 10.2. The number of likely N-dealkylation sites (tertiary alicyclic amines) is 1. The summed E-state index contributed by atoms with van der Waals surface area (Å²) in [6, 6.07) is 0.343. The monoisotopic (exact) mass is 348 g/mol. The largest absolute Gasteiger partial charge is 0.411 e. The van der Waals surface area contributed by atoms with Gasteiger partial charge in [-0.15, -0.1) is 0 Å². The van der Waals surface area contributed by atoms with Gasteiger partial charge >= 0.3 is 6.18 Å². The highest BCUT2D eigenvalue weighted by Gasteiger charge is 2.31. The Morgan fingerprint density at radius 3 is 2.83 bits per heavy atom. The topological polar surface area (TPSA) is 54.6 Å². The van der Waals surface area contributed by atoms with Crippen LogP contribution in [0.1, 0.15) is 36.9 Å². The van der Waals surface area contributed by atoms with Crippen LogP contribution in [0.5, 0.6) is 0 Å². The summed E-state index contributed by atoms with van der Waals surface area (Å²) in [5.74, 6) is 1.90. The van der Waals surface area contributed by atoms with Crippen LogP contribution in [-0.4, -0.2) is 72.1 Å². The van der Waals surface area contributed by atoms with Crippen molar-refractivity contribution in [1.82, 2.24) is 19.9 Å². The highest BCUT2D eigenvalue weighted by molar-refractivity contribution is 5.01. The molecule has 2 heterocycles. The molecule has 2 aliphatic rings. The van der Waals surface area contributed by atoms with Crippen molar-refractivity contribution in [2.45, 2.75) is 43.9 Å². The molecule has 0 amide bonds. The minimum atomic E-state index is -4.25. The lowest BCUT2D eigenvalue weighted by Crippen LogP contribution is -2.35. The standard InChI is InChI=1S/C15H23F3N4O2/c1-21(9-13-19-14(24-20-13)11-2-3-11)12-4-5-22(8-12)6-7-23-10-15(16,17)18/h11-12H,2-10H2,1H3/t12-/m0/s1. The second-order valence-corrected chi connectivity index (χ2v) is 6.65. The van der Waals surface area contributed by atoms with Crippen molar-refractivity contribution in [3.8, 4) is 0 Å². The summed E-state index contributed by atoms with van der Waals surface area (Å²) in [6.07, 6.45) is -1.02. The summed E-state index contributed by atoms with van der Waals surface area (Å²) in [7, 11) is 2.02. The Kier molecular flexibility index (Phi) is 5.41. The summed E-state index contributed by atoms with van der Waals surface area (Å²) in [5.41, 5.74) is 0. The van der Waals surface area contributed by atoms with Crippen LogP contribution in [0.25, 0.3) is 0 Å². The van der Waals surface area contributed by atoms with Gasteiger partial charge in [-0.25, -0.2) is 0 Å². The third kappa shape index (κ3) is 5.15. The van der Waals surface area contributed by atoms with Gasteiger partial charge in [-0.2, -0.15) is 18.2 Å². The first-order valence-electron chi connectivity index (χ1n) is 8.30. The third-order valence-electron chi connectivity index (χ3n) is 4.49. The molecule has 9 heteroatoms. The Labute approximate surface area is 138 Å². The molecule has 24 heavy (non-hydrogen) atoms. The molecular formula is C15H23F3N4O2. The first-order chi connectivity index (χ1) is 11.4. The number of rotatable bonds is 8. The maximum Gasteiger partial charge on any atom is 0.411 e. The van der Waals surface area contributed by atoms with Gasteiger partial charge < -0.3 is 9.26 Å². The molecule has 3 rings (SSSR count). The summed E-state index contributed by atoms with van der Waals surface area (Å²) < 4.78 is 46.0. The molecule has 1 aromatic heterocycles. The molecule has 1 aliphatic carbocycles. The van der Waals surface area contributed by atoms with E-state index in [2.05, 4.69) is 24.7 Å².